The van der Waals surface area contributed by atoms with Crippen molar-refractivity contribution in [3.05, 3.63) is 58.3 Å². The monoisotopic (exact) mass is 402 g/mol. The molecule has 8 heteroatoms. The van der Waals surface area contributed by atoms with E-state index in [2.05, 4.69) is 9.72 Å². The molecule has 0 aliphatic carbocycles. The maximum Gasteiger partial charge on any atom is 0.373 e. The van der Waals surface area contributed by atoms with Gasteiger partial charge in [0.05, 0.1) is 23.8 Å². The normalized spacial score (nSPS) is 11.1. The summed E-state index contributed by atoms with van der Waals surface area (Å²) in [5.41, 5.74) is 0.588. The van der Waals surface area contributed by atoms with E-state index in [0.29, 0.717) is 53.8 Å². The standard InChI is InChI=1S/C20H22N2O5S/c1-3-26-12-6-11-22-18(23)15-7-4-5-8-16(15)21-20(22)28-13-14-9-10-17(27-14)19(24)25-2/h4-5,7-10H,3,6,11-13H2,1-2H3. The summed E-state index contributed by atoms with van der Waals surface area (Å²) < 4.78 is 17.2. The third kappa shape index (κ3) is 4.63. The van der Waals surface area contributed by atoms with Crippen LogP contribution in [0.1, 0.15) is 29.7 Å². The Morgan fingerprint density at radius 2 is 2.07 bits per heavy atom. The maximum atomic E-state index is 12.9. The minimum atomic E-state index is -0.520. The molecule has 1 aromatic carbocycles. The Morgan fingerprint density at radius 1 is 1.25 bits per heavy atom. The van der Waals surface area contributed by atoms with Gasteiger partial charge in [0.25, 0.3) is 5.56 Å². The number of thioether (sulfide) groups is 1. The maximum absolute atomic E-state index is 12.9. The SMILES string of the molecule is CCOCCCn1c(SCc2ccc(C(=O)OC)o2)nc2ccccc2c1=O. The van der Waals surface area contributed by atoms with E-state index in [4.69, 9.17) is 9.15 Å². The summed E-state index contributed by atoms with van der Waals surface area (Å²) in [4.78, 5) is 29.1. The highest BCUT2D eigenvalue weighted by atomic mass is 32.2. The van der Waals surface area contributed by atoms with E-state index in [9.17, 15) is 9.59 Å². The van der Waals surface area contributed by atoms with Crippen LogP contribution in [0.25, 0.3) is 10.9 Å². The van der Waals surface area contributed by atoms with Crippen LogP contribution >= 0.6 is 11.8 Å². The zero-order valence-electron chi connectivity index (χ0n) is 15.8. The zero-order valence-corrected chi connectivity index (χ0v) is 16.7. The molecule has 0 aliphatic heterocycles. The number of rotatable bonds is 9. The number of carbonyl (C=O) groups excluding carboxylic acids is 1. The van der Waals surface area contributed by atoms with Gasteiger partial charge in [-0.3, -0.25) is 9.36 Å². The Bertz CT molecular complexity index is 1010. The molecular weight excluding hydrogens is 380 g/mol. The molecule has 0 saturated carbocycles. The van der Waals surface area contributed by atoms with Crippen molar-refractivity contribution in [3.63, 3.8) is 0 Å². The fourth-order valence-corrected chi connectivity index (χ4v) is 3.64. The number of esters is 1. The van der Waals surface area contributed by atoms with Gasteiger partial charge in [-0.2, -0.15) is 0 Å². The van der Waals surface area contributed by atoms with Crippen LogP contribution in [-0.2, 0) is 21.8 Å². The number of carbonyl (C=O) groups is 1. The molecule has 3 rings (SSSR count). The number of hydrogen-bond acceptors (Lipinski definition) is 7. The molecule has 0 atom stereocenters. The molecule has 0 fully saturated rings. The van der Waals surface area contributed by atoms with Crippen molar-refractivity contribution in [1.82, 2.24) is 9.55 Å². The molecule has 0 bridgehead atoms. The highest BCUT2D eigenvalue weighted by Gasteiger charge is 2.14. The van der Waals surface area contributed by atoms with Crippen LogP contribution in [-0.4, -0.2) is 35.8 Å². The van der Waals surface area contributed by atoms with Gasteiger partial charge < -0.3 is 13.9 Å². The van der Waals surface area contributed by atoms with E-state index in [1.807, 2.05) is 25.1 Å². The van der Waals surface area contributed by atoms with Crippen molar-refractivity contribution in [2.45, 2.75) is 30.8 Å². The van der Waals surface area contributed by atoms with Crippen LogP contribution in [0.3, 0.4) is 0 Å². The topological polar surface area (TPSA) is 83.6 Å². The quantitative estimate of drug-likeness (QED) is 0.234. The summed E-state index contributed by atoms with van der Waals surface area (Å²) in [5, 5.41) is 1.20. The molecule has 148 valence electrons. The van der Waals surface area contributed by atoms with E-state index < -0.39 is 5.97 Å². The highest BCUT2D eigenvalue weighted by Crippen LogP contribution is 2.23. The second kappa shape index (κ2) is 9.57. The summed E-state index contributed by atoms with van der Waals surface area (Å²) in [6.45, 7) is 3.69. The van der Waals surface area contributed by atoms with Crippen LogP contribution in [0, 0.1) is 0 Å². The Morgan fingerprint density at radius 3 is 2.86 bits per heavy atom. The first-order chi connectivity index (χ1) is 13.6. The van der Waals surface area contributed by atoms with Crippen molar-refractivity contribution < 1.29 is 18.7 Å². The summed E-state index contributed by atoms with van der Waals surface area (Å²) >= 11 is 1.39. The van der Waals surface area contributed by atoms with Crippen molar-refractivity contribution >= 4 is 28.6 Å². The number of ether oxygens (including phenoxy) is 2. The minimum Gasteiger partial charge on any atom is -0.463 e. The first-order valence-corrected chi connectivity index (χ1v) is 9.99. The molecule has 0 amide bonds. The fourth-order valence-electron chi connectivity index (χ4n) is 2.73. The third-order valence-corrected chi connectivity index (χ3v) is 5.09. The molecule has 0 saturated heterocycles. The second-order valence-electron chi connectivity index (χ2n) is 5.97. The van der Waals surface area contributed by atoms with Crippen molar-refractivity contribution in [2.24, 2.45) is 0 Å². The molecule has 28 heavy (non-hydrogen) atoms. The molecule has 0 N–H and O–H groups in total. The van der Waals surface area contributed by atoms with E-state index in [1.165, 1.54) is 18.9 Å². The average molecular weight is 402 g/mol. The van der Waals surface area contributed by atoms with Crippen LogP contribution in [0.5, 0.6) is 0 Å². The van der Waals surface area contributed by atoms with E-state index in [-0.39, 0.29) is 11.3 Å². The summed E-state index contributed by atoms with van der Waals surface area (Å²) in [7, 11) is 1.30. The van der Waals surface area contributed by atoms with Gasteiger partial charge in [0.2, 0.25) is 5.76 Å². The first-order valence-electron chi connectivity index (χ1n) is 9.01. The number of aromatic nitrogens is 2. The molecule has 2 aromatic heterocycles. The predicted octanol–water partition coefficient (Wildman–Crippen LogP) is 3.50. The molecule has 0 spiro atoms. The van der Waals surface area contributed by atoms with Crippen LogP contribution in [0.4, 0.5) is 0 Å². The van der Waals surface area contributed by atoms with Crippen LogP contribution < -0.4 is 5.56 Å². The summed E-state index contributed by atoms with van der Waals surface area (Å²) in [6.07, 6.45) is 0.717. The van der Waals surface area contributed by atoms with Crippen molar-refractivity contribution in [1.29, 1.82) is 0 Å². The third-order valence-electron chi connectivity index (χ3n) is 4.09. The molecule has 0 aliphatic rings. The number of nitrogens with zero attached hydrogens (tertiary/aromatic N) is 2. The number of methoxy groups -OCH3 is 1. The van der Waals surface area contributed by atoms with Gasteiger partial charge in [0, 0.05) is 19.8 Å². The van der Waals surface area contributed by atoms with Crippen molar-refractivity contribution in [3.8, 4) is 0 Å². The summed E-state index contributed by atoms with van der Waals surface area (Å²) in [6, 6.07) is 10.6. The van der Waals surface area contributed by atoms with Crippen LogP contribution in [0.2, 0.25) is 0 Å². The van der Waals surface area contributed by atoms with Gasteiger partial charge in [0.15, 0.2) is 5.16 Å². The minimum absolute atomic E-state index is 0.0701. The van der Waals surface area contributed by atoms with Crippen molar-refractivity contribution in [2.75, 3.05) is 20.3 Å². The molecule has 3 aromatic rings. The van der Waals surface area contributed by atoms with Gasteiger partial charge in [-0.1, -0.05) is 23.9 Å². The smallest absolute Gasteiger partial charge is 0.373 e. The molecular formula is C20H22N2O5S. The van der Waals surface area contributed by atoms with Gasteiger partial charge >= 0.3 is 5.97 Å². The van der Waals surface area contributed by atoms with Gasteiger partial charge in [-0.25, -0.2) is 9.78 Å². The molecule has 0 unspecified atom stereocenters. The van der Waals surface area contributed by atoms with Gasteiger partial charge in [-0.15, -0.1) is 0 Å². The Balaban J connectivity index is 1.84. The Hall–Kier alpha value is -2.58. The lowest BCUT2D eigenvalue weighted by Crippen LogP contribution is -2.24. The largest absolute Gasteiger partial charge is 0.463 e. The van der Waals surface area contributed by atoms with Crippen LogP contribution in [0.15, 0.2) is 50.8 Å². The second-order valence-corrected chi connectivity index (χ2v) is 6.91. The lowest BCUT2D eigenvalue weighted by Gasteiger charge is -2.12. The number of benzene rings is 1. The molecule has 0 radical (unpaired) electrons. The molecule has 7 nitrogen and oxygen atoms in total. The lowest BCUT2D eigenvalue weighted by molar-refractivity contribution is 0.0563. The highest BCUT2D eigenvalue weighted by molar-refractivity contribution is 7.98. The van der Waals surface area contributed by atoms with E-state index in [1.54, 1.807) is 22.8 Å². The van der Waals surface area contributed by atoms with Gasteiger partial charge in [0.1, 0.15) is 5.76 Å². The fraction of sp³-hybridized carbons (Fsp3) is 0.350. The van der Waals surface area contributed by atoms with Gasteiger partial charge in [-0.05, 0) is 37.6 Å². The number of para-hydroxylation sites is 1. The lowest BCUT2D eigenvalue weighted by atomic mass is 10.2. The van der Waals surface area contributed by atoms with E-state index >= 15 is 0 Å². The first kappa shape index (κ1) is 20.2. The zero-order chi connectivity index (χ0) is 19.9. The number of furan rings is 1. The predicted molar refractivity (Wildman–Crippen MR) is 107 cm³/mol. The number of fused-ring (bicyclic) bond motifs is 1. The Kier molecular flexibility index (Phi) is 6.89. The molecule has 2 heterocycles. The average Bonchev–Trinajstić information content (AvgIpc) is 3.19. The van der Waals surface area contributed by atoms with E-state index in [0.717, 1.165) is 0 Å². The Labute approximate surface area is 166 Å². The number of hydrogen-bond donors (Lipinski definition) is 0. The summed E-state index contributed by atoms with van der Waals surface area (Å²) in [5.74, 6) is 0.674.